The smallest absolute Gasteiger partial charge is 0.317 e. The van der Waals surface area contributed by atoms with Gasteiger partial charge in [0.05, 0.1) is 11.7 Å². The Hall–Kier alpha value is -1.56. The van der Waals surface area contributed by atoms with E-state index in [4.69, 9.17) is 0 Å². The van der Waals surface area contributed by atoms with Gasteiger partial charge in [-0.05, 0) is 38.2 Å². The zero-order valence-corrected chi connectivity index (χ0v) is 14.5. The third kappa shape index (κ3) is 3.29. The van der Waals surface area contributed by atoms with Crippen LogP contribution in [0, 0.1) is 0 Å². The van der Waals surface area contributed by atoms with Crippen LogP contribution in [0.1, 0.15) is 56.7 Å². The number of carbonyl (C=O) groups is 1. The molecule has 1 aromatic rings. The SMILES string of the molecule is O=C(NCC[C@H]1CN(C2CCCC2)Cc2ccnn21)N1CCCC1. The molecule has 1 saturated carbocycles. The summed E-state index contributed by atoms with van der Waals surface area (Å²) < 4.78 is 2.19. The molecule has 0 spiro atoms. The minimum Gasteiger partial charge on any atom is -0.338 e. The van der Waals surface area contributed by atoms with E-state index >= 15 is 0 Å². The van der Waals surface area contributed by atoms with Crippen molar-refractivity contribution in [1.29, 1.82) is 0 Å². The molecular formula is C18H29N5O. The second kappa shape index (κ2) is 7.13. The molecule has 0 bridgehead atoms. The second-order valence-corrected chi connectivity index (χ2v) is 7.50. The number of hydrogen-bond donors (Lipinski definition) is 1. The molecule has 1 aromatic heterocycles. The Morgan fingerprint density at radius 1 is 1.21 bits per heavy atom. The molecule has 6 heteroatoms. The van der Waals surface area contributed by atoms with Gasteiger partial charge in [0.25, 0.3) is 0 Å². The van der Waals surface area contributed by atoms with E-state index in [0.29, 0.717) is 6.04 Å². The zero-order valence-electron chi connectivity index (χ0n) is 14.5. The van der Waals surface area contributed by atoms with Crippen LogP contribution < -0.4 is 5.32 Å². The molecule has 1 atom stereocenters. The molecule has 2 fully saturated rings. The lowest BCUT2D eigenvalue weighted by molar-refractivity contribution is 0.120. The number of nitrogens with one attached hydrogen (secondary N) is 1. The van der Waals surface area contributed by atoms with Crippen molar-refractivity contribution in [2.45, 2.75) is 63.6 Å². The summed E-state index contributed by atoms with van der Waals surface area (Å²) in [5.41, 5.74) is 1.32. The third-order valence-corrected chi connectivity index (χ3v) is 5.90. The van der Waals surface area contributed by atoms with Crippen molar-refractivity contribution in [3.8, 4) is 0 Å². The van der Waals surface area contributed by atoms with Gasteiger partial charge in [-0.2, -0.15) is 5.10 Å². The molecule has 0 unspecified atom stereocenters. The first-order valence-corrected chi connectivity index (χ1v) is 9.60. The number of likely N-dealkylation sites (tertiary alicyclic amines) is 1. The number of fused-ring (bicyclic) bond motifs is 1. The second-order valence-electron chi connectivity index (χ2n) is 7.50. The van der Waals surface area contributed by atoms with E-state index in [9.17, 15) is 4.79 Å². The minimum absolute atomic E-state index is 0.108. The zero-order chi connectivity index (χ0) is 16.4. The molecule has 3 aliphatic rings. The minimum atomic E-state index is 0.108. The summed E-state index contributed by atoms with van der Waals surface area (Å²) in [6.07, 6.45) is 10.6. The summed E-state index contributed by atoms with van der Waals surface area (Å²) in [5.74, 6) is 0. The molecule has 24 heavy (non-hydrogen) atoms. The van der Waals surface area contributed by atoms with E-state index in [2.05, 4.69) is 26.1 Å². The summed E-state index contributed by atoms with van der Waals surface area (Å²) in [6, 6.07) is 3.38. The first-order valence-electron chi connectivity index (χ1n) is 9.60. The van der Waals surface area contributed by atoms with Crippen LogP contribution in [0.2, 0.25) is 0 Å². The van der Waals surface area contributed by atoms with E-state index in [1.165, 1.54) is 31.4 Å². The van der Waals surface area contributed by atoms with Crippen LogP contribution in [0.3, 0.4) is 0 Å². The summed E-state index contributed by atoms with van der Waals surface area (Å²) in [4.78, 5) is 16.7. The molecule has 0 aromatic carbocycles. The Morgan fingerprint density at radius 2 is 2.00 bits per heavy atom. The quantitative estimate of drug-likeness (QED) is 0.921. The lowest BCUT2D eigenvalue weighted by atomic mass is 10.1. The maximum atomic E-state index is 12.1. The third-order valence-electron chi connectivity index (χ3n) is 5.90. The van der Waals surface area contributed by atoms with Gasteiger partial charge in [-0.15, -0.1) is 0 Å². The summed E-state index contributed by atoms with van der Waals surface area (Å²) in [7, 11) is 0. The molecule has 1 saturated heterocycles. The van der Waals surface area contributed by atoms with E-state index in [-0.39, 0.29) is 6.03 Å². The van der Waals surface area contributed by atoms with Crippen LogP contribution in [-0.2, 0) is 6.54 Å². The fourth-order valence-corrected chi connectivity index (χ4v) is 4.56. The molecule has 1 aliphatic carbocycles. The highest BCUT2D eigenvalue weighted by molar-refractivity contribution is 5.74. The van der Waals surface area contributed by atoms with E-state index in [1.54, 1.807) is 0 Å². The van der Waals surface area contributed by atoms with Crippen molar-refractivity contribution >= 4 is 6.03 Å². The van der Waals surface area contributed by atoms with Gasteiger partial charge in [-0.1, -0.05) is 12.8 Å². The van der Waals surface area contributed by atoms with Crippen molar-refractivity contribution in [3.63, 3.8) is 0 Å². The molecule has 4 rings (SSSR count). The predicted molar refractivity (Wildman–Crippen MR) is 92.8 cm³/mol. The Balaban J connectivity index is 1.34. The Kier molecular flexibility index (Phi) is 4.74. The fraction of sp³-hybridized carbons (Fsp3) is 0.778. The maximum Gasteiger partial charge on any atom is 0.317 e. The van der Waals surface area contributed by atoms with Gasteiger partial charge in [0, 0.05) is 45.0 Å². The summed E-state index contributed by atoms with van der Waals surface area (Å²) >= 11 is 0. The van der Waals surface area contributed by atoms with Crippen LogP contribution in [0.5, 0.6) is 0 Å². The monoisotopic (exact) mass is 331 g/mol. The average Bonchev–Trinajstić information content (AvgIpc) is 3.35. The lowest BCUT2D eigenvalue weighted by Crippen LogP contribution is -2.44. The van der Waals surface area contributed by atoms with Crippen LogP contribution in [-0.4, -0.2) is 57.8 Å². The van der Waals surface area contributed by atoms with Crippen LogP contribution in [0.4, 0.5) is 4.79 Å². The van der Waals surface area contributed by atoms with Gasteiger partial charge in [0.1, 0.15) is 0 Å². The maximum absolute atomic E-state index is 12.1. The molecule has 2 aliphatic heterocycles. The highest BCUT2D eigenvalue weighted by Gasteiger charge is 2.31. The standard InChI is InChI=1S/C18H29N5O/c24-18(21-11-3-4-12-21)19-9-7-16-13-22(15-5-1-2-6-15)14-17-8-10-20-23(16)17/h8,10,15-16H,1-7,9,11-14H2,(H,19,24)/t16-/m0/s1. The van der Waals surface area contributed by atoms with Crippen molar-refractivity contribution in [2.24, 2.45) is 0 Å². The van der Waals surface area contributed by atoms with Gasteiger partial charge in [-0.25, -0.2) is 4.79 Å². The topological polar surface area (TPSA) is 53.4 Å². The molecular weight excluding hydrogens is 302 g/mol. The van der Waals surface area contributed by atoms with Crippen LogP contribution in [0.15, 0.2) is 12.3 Å². The average molecular weight is 331 g/mol. The summed E-state index contributed by atoms with van der Waals surface area (Å²) in [5, 5.41) is 7.65. The normalized spacial score (nSPS) is 25.2. The first kappa shape index (κ1) is 15.9. The first-order chi connectivity index (χ1) is 11.8. The van der Waals surface area contributed by atoms with Gasteiger partial charge in [-0.3, -0.25) is 9.58 Å². The largest absolute Gasteiger partial charge is 0.338 e. The van der Waals surface area contributed by atoms with Crippen molar-refractivity contribution in [1.82, 2.24) is 24.9 Å². The van der Waals surface area contributed by atoms with Crippen molar-refractivity contribution in [3.05, 3.63) is 18.0 Å². The van der Waals surface area contributed by atoms with Crippen molar-refractivity contribution < 1.29 is 4.79 Å². The van der Waals surface area contributed by atoms with E-state index in [0.717, 1.165) is 58.0 Å². The van der Waals surface area contributed by atoms with Crippen LogP contribution >= 0.6 is 0 Å². The molecule has 0 radical (unpaired) electrons. The van der Waals surface area contributed by atoms with Gasteiger partial charge in [0.15, 0.2) is 0 Å². The van der Waals surface area contributed by atoms with E-state index < -0.39 is 0 Å². The molecule has 6 nitrogen and oxygen atoms in total. The number of nitrogens with zero attached hydrogens (tertiary/aromatic N) is 4. The number of rotatable bonds is 4. The van der Waals surface area contributed by atoms with Crippen molar-refractivity contribution in [2.75, 3.05) is 26.2 Å². The predicted octanol–water partition coefficient (Wildman–Crippen LogP) is 2.38. The van der Waals surface area contributed by atoms with Gasteiger partial charge in [0.2, 0.25) is 0 Å². The Morgan fingerprint density at radius 3 is 2.79 bits per heavy atom. The fourth-order valence-electron chi connectivity index (χ4n) is 4.56. The highest BCUT2D eigenvalue weighted by Crippen LogP contribution is 2.30. The molecule has 2 amide bonds. The van der Waals surface area contributed by atoms with Crippen LogP contribution in [0.25, 0.3) is 0 Å². The summed E-state index contributed by atoms with van der Waals surface area (Å²) in [6.45, 7) is 4.65. The highest BCUT2D eigenvalue weighted by atomic mass is 16.2. The Bertz CT molecular complexity index is 560. The molecule has 3 heterocycles. The number of carbonyl (C=O) groups excluding carboxylic acids is 1. The molecule has 1 N–H and O–H groups in total. The van der Waals surface area contributed by atoms with Gasteiger partial charge >= 0.3 is 6.03 Å². The number of urea groups is 1. The number of aromatic nitrogens is 2. The number of amides is 2. The number of hydrogen-bond acceptors (Lipinski definition) is 3. The Labute approximate surface area is 144 Å². The van der Waals surface area contributed by atoms with Gasteiger partial charge < -0.3 is 10.2 Å². The van der Waals surface area contributed by atoms with E-state index in [1.807, 2.05) is 11.1 Å². The lowest BCUT2D eigenvalue weighted by Gasteiger charge is -2.37. The molecule has 132 valence electrons.